The van der Waals surface area contributed by atoms with E-state index in [4.69, 9.17) is 4.74 Å². The Kier molecular flexibility index (Phi) is 4.53. The molecule has 0 atom stereocenters. The van der Waals surface area contributed by atoms with Crippen LogP contribution in [0.4, 0.5) is 0 Å². The number of H-pyrrole nitrogens is 1. The van der Waals surface area contributed by atoms with Gasteiger partial charge in [0, 0.05) is 32.1 Å². The van der Waals surface area contributed by atoms with Gasteiger partial charge >= 0.3 is 5.97 Å². The minimum Gasteiger partial charge on any atom is -0.478 e. The Labute approximate surface area is 146 Å². The van der Waals surface area contributed by atoms with Crippen molar-refractivity contribution < 1.29 is 19.4 Å². The van der Waals surface area contributed by atoms with Gasteiger partial charge in [-0.2, -0.15) is 0 Å². The zero-order valence-corrected chi connectivity index (χ0v) is 14.4. The quantitative estimate of drug-likeness (QED) is 0.895. The second kappa shape index (κ2) is 6.63. The molecule has 2 heterocycles. The lowest BCUT2D eigenvalue weighted by atomic mass is 9.90. The highest BCUT2D eigenvalue weighted by molar-refractivity contribution is 5.93. The van der Waals surface area contributed by atoms with E-state index in [0.29, 0.717) is 24.5 Å². The molecule has 2 aromatic rings. The maximum Gasteiger partial charge on any atom is 0.348 e. The molecule has 0 aliphatic carbocycles. The summed E-state index contributed by atoms with van der Waals surface area (Å²) in [5, 5.41) is 9.73. The van der Waals surface area contributed by atoms with Crippen molar-refractivity contribution in [2.24, 2.45) is 0 Å². The number of carboxylic acids is 1. The van der Waals surface area contributed by atoms with Crippen LogP contribution < -0.4 is 4.74 Å². The van der Waals surface area contributed by atoms with Crippen LogP contribution in [-0.2, 0) is 4.79 Å². The average molecular weight is 342 g/mol. The van der Waals surface area contributed by atoms with Crippen LogP contribution in [0, 0.1) is 13.8 Å². The third kappa shape index (κ3) is 3.52. The molecule has 0 spiro atoms. The van der Waals surface area contributed by atoms with Crippen LogP contribution in [0.2, 0.25) is 0 Å². The summed E-state index contributed by atoms with van der Waals surface area (Å²) in [5.41, 5.74) is 1.23. The van der Waals surface area contributed by atoms with Crippen molar-refractivity contribution in [2.75, 3.05) is 13.1 Å². The van der Waals surface area contributed by atoms with E-state index in [2.05, 4.69) is 4.98 Å². The number of ether oxygens (including phenoxy) is 1. The number of rotatable bonds is 4. The van der Waals surface area contributed by atoms with Gasteiger partial charge in [0.15, 0.2) is 0 Å². The number of benzene rings is 1. The van der Waals surface area contributed by atoms with Crippen LogP contribution in [0.5, 0.6) is 5.75 Å². The largest absolute Gasteiger partial charge is 0.478 e. The fourth-order valence-electron chi connectivity index (χ4n) is 3.13. The normalized spacial score (nSPS) is 16.5. The number of carbonyl (C=O) groups is 2. The monoisotopic (exact) mass is 342 g/mol. The summed E-state index contributed by atoms with van der Waals surface area (Å²) in [5.74, 6) is -0.554. The predicted molar refractivity (Wildman–Crippen MR) is 92.8 cm³/mol. The third-order valence-corrected chi connectivity index (χ3v) is 4.61. The zero-order valence-electron chi connectivity index (χ0n) is 14.4. The molecular weight excluding hydrogens is 320 g/mol. The molecule has 0 saturated carbocycles. The predicted octanol–water partition coefficient (Wildman–Crippen LogP) is 2.77. The van der Waals surface area contributed by atoms with Crippen LogP contribution in [0.15, 0.2) is 36.5 Å². The number of amides is 1. The number of hydrogen-bond donors (Lipinski definition) is 2. The Morgan fingerprint density at radius 2 is 1.88 bits per heavy atom. The van der Waals surface area contributed by atoms with Gasteiger partial charge in [-0.3, -0.25) is 4.79 Å². The molecule has 1 saturated heterocycles. The number of aromatic amines is 1. The first kappa shape index (κ1) is 17.1. The van der Waals surface area contributed by atoms with Gasteiger partial charge in [0.2, 0.25) is 5.60 Å². The number of carbonyl (C=O) groups excluding carboxylic acids is 1. The van der Waals surface area contributed by atoms with Crippen molar-refractivity contribution >= 4 is 11.9 Å². The van der Waals surface area contributed by atoms with Gasteiger partial charge in [-0.1, -0.05) is 12.1 Å². The van der Waals surface area contributed by atoms with E-state index >= 15 is 0 Å². The van der Waals surface area contributed by atoms with Crippen LogP contribution in [-0.4, -0.2) is 45.6 Å². The van der Waals surface area contributed by atoms with Gasteiger partial charge in [0.05, 0.1) is 0 Å². The Morgan fingerprint density at radius 3 is 2.44 bits per heavy atom. The number of likely N-dealkylation sites (tertiary alicyclic amines) is 1. The number of nitrogens with one attached hydrogen (secondary N) is 1. The second-order valence-corrected chi connectivity index (χ2v) is 6.60. The lowest BCUT2D eigenvalue weighted by molar-refractivity contribution is -0.159. The summed E-state index contributed by atoms with van der Waals surface area (Å²) in [7, 11) is 0. The first-order valence-corrected chi connectivity index (χ1v) is 8.33. The second-order valence-electron chi connectivity index (χ2n) is 6.60. The Bertz CT molecular complexity index is 788. The highest BCUT2D eigenvalue weighted by atomic mass is 16.5. The molecule has 6 heteroatoms. The van der Waals surface area contributed by atoms with Crippen molar-refractivity contribution in [3.05, 3.63) is 53.3 Å². The van der Waals surface area contributed by atoms with Gasteiger partial charge in [0.25, 0.3) is 5.91 Å². The molecule has 0 radical (unpaired) electrons. The molecule has 1 aromatic heterocycles. The van der Waals surface area contributed by atoms with Crippen molar-refractivity contribution in [3.8, 4) is 5.75 Å². The highest BCUT2D eigenvalue weighted by Crippen LogP contribution is 2.30. The Morgan fingerprint density at radius 1 is 1.16 bits per heavy atom. The minimum atomic E-state index is -1.30. The summed E-state index contributed by atoms with van der Waals surface area (Å²) < 4.78 is 5.88. The average Bonchev–Trinajstić information content (AvgIpc) is 3.01. The van der Waals surface area contributed by atoms with E-state index in [9.17, 15) is 14.7 Å². The fourth-order valence-corrected chi connectivity index (χ4v) is 3.13. The van der Waals surface area contributed by atoms with Crippen molar-refractivity contribution in [2.45, 2.75) is 32.3 Å². The van der Waals surface area contributed by atoms with Gasteiger partial charge in [-0.05, 0) is 43.2 Å². The van der Waals surface area contributed by atoms with E-state index < -0.39 is 11.6 Å². The molecule has 1 aliphatic rings. The summed E-state index contributed by atoms with van der Waals surface area (Å²) in [6.45, 7) is 4.53. The van der Waals surface area contributed by atoms with E-state index in [0.717, 1.165) is 11.1 Å². The summed E-state index contributed by atoms with van der Waals surface area (Å²) in [6.07, 6.45) is 2.28. The smallest absolute Gasteiger partial charge is 0.348 e. The van der Waals surface area contributed by atoms with Crippen LogP contribution in [0.25, 0.3) is 0 Å². The zero-order chi connectivity index (χ0) is 18.0. The Balaban J connectivity index is 1.72. The third-order valence-electron chi connectivity index (χ3n) is 4.61. The van der Waals surface area contributed by atoms with E-state index in [1.165, 1.54) is 0 Å². The number of piperidine rings is 1. The van der Waals surface area contributed by atoms with E-state index in [1.807, 2.05) is 32.0 Å². The van der Waals surface area contributed by atoms with E-state index in [1.54, 1.807) is 23.2 Å². The molecule has 1 fully saturated rings. The molecule has 1 aromatic carbocycles. The summed E-state index contributed by atoms with van der Waals surface area (Å²) in [4.78, 5) is 29.0. The molecule has 2 N–H and O–H groups in total. The Hall–Kier alpha value is -2.76. The number of carboxylic acid groups (broad SMARTS) is 1. The molecule has 25 heavy (non-hydrogen) atoms. The first-order chi connectivity index (χ1) is 11.9. The van der Waals surface area contributed by atoms with Gasteiger partial charge < -0.3 is 19.7 Å². The summed E-state index contributed by atoms with van der Waals surface area (Å²) >= 11 is 0. The van der Waals surface area contributed by atoms with Crippen molar-refractivity contribution in [1.29, 1.82) is 0 Å². The number of aliphatic carboxylic acids is 1. The van der Waals surface area contributed by atoms with Crippen LogP contribution >= 0.6 is 0 Å². The number of aryl methyl sites for hydroxylation is 2. The van der Waals surface area contributed by atoms with Crippen molar-refractivity contribution in [3.63, 3.8) is 0 Å². The van der Waals surface area contributed by atoms with Crippen LogP contribution in [0.1, 0.15) is 34.5 Å². The lowest BCUT2D eigenvalue weighted by Gasteiger charge is -2.38. The first-order valence-electron chi connectivity index (χ1n) is 8.33. The molecule has 1 amide bonds. The highest BCUT2D eigenvalue weighted by Gasteiger charge is 2.45. The number of aromatic nitrogens is 1. The van der Waals surface area contributed by atoms with Gasteiger partial charge in [0.1, 0.15) is 11.4 Å². The molecule has 0 bridgehead atoms. The lowest BCUT2D eigenvalue weighted by Crippen LogP contribution is -2.54. The van der Waals surface area contributed by atoms with E-state index in [-0.39, 0.29) is 18.7 Å². The fraction of sp³-hybridized carbons (Fsp3) is 0.368. The SMILES string of the molecule is Cc1cccc(OC2(C(=O)O)CCN(C(=O)c3cc(C)c[nH]3)CC2)c1. The maximum atomic E-state index is 12.5. The molecular formula is C19H22N2O4. The number of nitrogens with zero attached hydrogens (tertiary/aromatic N) is 1. The number of hydrogen-bond acceptors (Lipinski definition) is 3. The molecule has 6 nitrogen and oxygen atoms in total. The summed E-state index contributed by atoms with van der Waals surface area (Å²) in [6, 6.07) is 9.15. The molecule has 3 rings (SSSR count). The minimum absolute atomic E-state index is 0.109. The van der Waals surface area contributed by atoms with Gasteiger partial charge in [-0.15, -0.1) is 0 Å². The topological polar surface area (TPSA) is 82.6 Å². The molecule has 1 aliphatic heterocycles. The molecule has 0 unspecified atom stereocenters. The van der Waals surface area contributed by atoms with Gasteiger partial charge in [-0.25, -0.2) is 4.79 Å². The van der Waals surface area contributed by atoms with Crippen LogP contribution in [0.3, 0.4) is 0 Å². The maximum absolute atomic E-state index is 12.5. The van der Waals surface area contributed by atoms with Crippen molar-refractivity contribution in [1.82, 2.24) is 9.88 Å². The standard InChI is InChI=1S/C19H22N2O4/c1-13-4-3-5-15(10-13)25-19(18(23)24)6-8-21(9-7-19)17(22)16-11-14(2)12-20-16/h3-5,10-12,20H,6-9H2,1-2H3,(H,23,24). The molecule has 132 valence electrons.